The number of hydrogen-bond donors (Lipinski definition) is 1. The Balaban J connectivity index is 2.79. The van der Waals surface area contributed by atoms with Crippen LogP contribution in [0.15, 0.2) is 18.2 Å². The van der Waals surface area contributed by atoms with Crippen LogP contribution in [0.2, 0.25) is 0 Å². The van der Waals surface area contributed by atoms with Crippen LogP contribution in [0.3, 0.4) is 0 Å². The second kappa shape index (κ2) is 6.20. The average Bonchev–Trinajstić information content (AvgIpc) is 2.28. The first kappa shape index (κ1) is 13.4. The molecule has 1 N–H and O–H groups in total. The van der Waals surface area contributed by atoms with Crippen molar-refractivity contribution in [2.45, 2.75) is 20.4 Å². The first-order valence-corrected chi connectivity index (χ1v) is 5.56. The lowest BCUT2D eigenvalue weighted by atomic mass is 10.1. The lowest BCUT2D eigenvalue weighted by Gasteiger charge is -2.10. The third-order valence-electron chi connectivity index (χ3n) is 2.34. The highest BCUT2D eigenvalue weighted by atomic mass is 16.6. The number of nitro benzene ring substituents is 1. The van der Waals surface area contributed by atoms with Gasteiger partial charge in [-0.1, -0.05) is 13.8 Å². The Bertz CT molecular complexity index is 391. The van der Waals surface area contributed by atoms with Crippen LogP contribution in [0.5, 0.6) is 5.75 Å². The van der Waals surface area contributed by atoms with Gasteiger partial charge in [0.1, 0.15) is 5.75 Å². The fraction of sp³-hybridized carbons (Fsp3) is 0.500. The van der Waals surface area contributed by atoms with Gasteiger partial charge in [0.05, 0.1) is 12.0 Å². The van der Waals surface area contributed by atoms with E-state index in [4.69, 9.17) is 4.74 Å². The molecule has 0 saturated heterocycles. The van der Waals surface area contributed by atoms with Gasteiger partial charge in [-0.05, 0) is 18.5 Å². The maximum absolute atomic E-state index is 10.7. The molecule has 5 heteroatoms. The van der Waals surface area contributed by atoms with Gasteiger partial charge < -0.3 is 10.1 Å². The molecular weight excluding hydrogens is 220 g/mol. The van der Waals surface area contributed by atoms with Crippen LogP contribution in [0, 0.1) is 16.0 Å². The van der Waals surface area contributed by atoms with Gasteiger partial charge in [-0.15, -0.1) is 0 Å². The van der Waals surface area contributed by atoms with Crippen LogP contribution in [0.1, 0.15) is 19.4 Å². The van der Waals surface area contributed by atoms with Gasteiger partial charge in [-0.25, -0.2) is 0 Å². The number of hydrogen-bond acceptors (Lipinski definition) is 4. The number of rotatable bonds is 6. The number of methoxy groups -OCH3 is 1. The van der Waals surface area contributed by atoms with Gasteiger partial charge in [0.25, 0.3) is 5.69 Å². The van der Waals surface area contributed by atoms with E-state index in [-0.39, 0.29) is 5.69 Å². The Labute approximate surface area is 101 Å². The molecule has 0 fully saturated rings. The highest BCUT2D eigenvalue weighted by molar-refractivity contribution is 5.43. The summed E-state index contributed by atoms with van der Waals surface area (Å²) in [5.74, 6) is 1.21. The second-order valence-corrected chi connectivity index (χ2v) is 4.28. The van der Waals surface area contributed by atoms with Gasteiger partial charge >= 0.3 is 0 Å². The normalized spacial score (nSPS) is 10.6. The number of nitrogens with zero attached hydrogens (tertiary/aromatic N) is 1. The third-order valence-corrected chi connectivity index (χ3v) is 2.34. The van der Waals surface area contributed by atoms with Crippen LogP contribution in [0.25, 0.3) is 0 Å². The summed E-state index contributed by atoms with van der Waals surface area (Å²) < 4.78 is 5.17. The summed E-state index contributed by atoms with van der Waals surface area (Å²) in [5.41, 5.74) is 0.898. The van der Waals surface area contributed by atoms with Crippen molar-refractivity contribution in [3.8, 4) is 5.75 Å². The smallest absolute Gasteiger partial charge is 0.270 e. The van der Waals surface area contributed by atoms with Crippen molar-refractivity contribution in [3.05, 3.63) is 33.9 Å². The van der Waals surface area contributed by atoms with Crippen molar-refractivity contribution in [3.63, 3.8) is 0 Å². The molecule has 1 aromatic rings. The zero-order chi connectivity index (χ0) is 12.8. The molecule has 0 aromatic heterocycles. The Morgan fingerprint density at radius 1 is 1.47 bits per heavy atom. The molecule has 1 rings (SSSR count). The van der Waals surface area contributed by atoms with E-state index in [2.05, 4.69) is 19.2 Å². The topological polar surface area (TPSA) is 64.4 Å². The molecule has 1 aromatic carbocycles. The molecule has 0 heterocycles. The molecule has 0 radical (unpaired) electrons. The Hall–Kier alpha value is -1.62. The number of benzene rings is 1. The zero-order valence-corrected chi connectivity index (χ0v) is 10.4. The Morgan fingerprint density at radius 3 is 2.71 bits per heavy atom. The number of non-ortho nitro benzene ring substituents is 1. The lowest BCUT2D eigenvalue weighted by Crippen LogP contribution is -2.19. The number of ether oxygens (including phenoxy) is 1. The molecule has 0 saturated carbocycles. The van der Waals surface area contributed by atoms with Crippen molar-refractivity contribution in [2.75, 3.05) is 13.7 Å². The molecule has 0 aliphatic heterocycles. The van der Waals surface area contributed by atoms with Crippen LogP contribution >= 0.6 is 0 Å². The summed E-state index contributed by atoms with van der Waals surface area (Å²) in [4.78, 5) is 10.3. The summed E-state index contributed by atoms with van der Waals surface area (Å²) in [5, 5.41) is 13.9. The molecule has 0 amide bonds. The van der Waals surface area contributed by atoms with E-state index in [0.29, 0.717) is 18.2 Å². The van der Waals surface area contributed by atoms with Gasteiger partial charge in [-0.3, -0.25) is 10.1 Å². The van der Waals surface area contributed by atoms with E-state index < -0.39 is 4.92 Å². The minimum absolute atomic E-state index is 0.0900. The van der Waals surface area contributed by atoms with Gasteiger partial charge in [0, 0.05) is 24.2 Å². The third kappa shape index (κ3) is 4.03. The highest BCUT2D eigenvalue weighted by Crippen LogP contribution is 2.23. The van der Waals surface area contributed by atoms with Crippen molar-refractivity contribution >= 4 is 5.69 Å². The van der Waals surface area contributed by atoms with Crippen molar-refractivity contribution < 1.29 is 9.66 Å². The Kier molecular flexibility index (Phi) is 4.90. The van der Waals surface area contributed by atoms with Crippen LogP contribution < -0.4 is 10.1 Å². The Morgan fingerprint density at radius 2 is 2.18 bits per heavy atom. The van der Waals surface area contributed by atoms with Crippen molar-refractivity contribution in [1.29, 1.82) is 0 Å². The molecule has 0 aliphatic carbocycles. The highest BCUT2D eigenvalue weighted by Gasteiger charge is 2.10. The summed E-state index contributed by atoms with van der Waals surface area (Å²) >= 11 is 0. The molecular formula is C12H18N2O3. The molecule has 94 valence electrons. The average molecular weight is 238 g/mol. The maximum atomic E-state index is 10.7. The minimum Gasteiger partial charge on any atom is -0.496 e. The molecule has 17 heavy (non-hydrogen) atoms. The van der Waals surface area contributed by atoms with Crippen LogP contribution in [0.4, 0.5) is 5.69 Å². The van der Waals surface area contributed by atoms with Crippen LogP contribution in [-0.4, -0.2) is 18.6 Å². The lowest BCUT2D eigenvalue weighted by molar-refractivity contribution is -0.384. The van der Waals surface area contributed by atoms with E-state index in [1.165, 1.54) is 6.07 Å². The summed E-state index contributed by atoms with van der Waals surface area (Å²) in [6, 6.07) is 4.63. The van der Waals surface area contributed by atoms with E-state index in [0.717, 1.165) is 12.1 Å². The van der Waals surface area contributed by atoms with E-state index >= 15 is 0 Å². The second-order valence-electron chi connectivity index (χ2n) is 4.28. The minimum atomic E-state index is -0.397. The number of nitrogens with one attached hydrogen (secondary N) is 1. The quantitative estimate of drug-likeness (QED) is 0.610. The first-order chi connectivity index (χ1) is 8.04. The SMILES string of the molecule is COc1ccc([N+](=O)[O-])cc1CNCC(C)C. The monoisotopic (exact) mass is 238 g/mol. The van der Waals surface area contributed by atoms with Gasteiger partial charge in [0.2, 0.25) is 0 Å². The zero-order valence-electron chi connectivity index (χ0n) is 10.4. The fourth-order valence-corrected chi connectivity index (χ4v) is 1.51. The summed E-state index contributed by atoms with van der Waals surface area (Å²) in [7, 11) is 1.56. The summed E-state index contributed by atoms with van der Waals surface area (Å²) in [6.45, 7) is 5.66. The molecule has 0 bridgehead atoms. The van der Waals surface area contributed by atoms with Crippen molar-refractivity contribution in [2.24, 2.45) is 5.92 Å². The molecule has 0 spiro atoms. The maximum Gasteiger partial charge on any atom is 0.270 e. The molecule has 0 atom stereocenters. The number of nitro groups is 1. The van der Waals surface area contributed by atoms with E-state index in [1.807, 2.05) is 0 Å². The standard InChI is InChI=1S/C12H18N2O3/c1-9(2)7-13-8-10-6-11(14(15)16)4-5-12(10)17-3/h4-6,9,13H,7-8H2,1-3H3. The van der Waals surface area contributed by atoms with Crippen LogP contribution in [-0.2, 0) is 6.54 Å². The molecule has 0 aliphatic rings. The van der Waals surface area contributed by atoms with E-state index in [1.54, 1.807) is 19.2 Å². The van der Waals surface area contributed by atoms with Crippen molar-refractivity contribution in [1.82, 2.24) is 5.32 Å². The summed E-state index contributed by atoms with van der Waals surface area (Å²) in [6.07, 6.45) is 0. The molecule has 5 nitrogen and oxygen atoms in total. The molecule has 0 unspecified atom stereocenters. The van der Waals surface area contributed by atoms with Gasteiger partial charge in [-0.2, -0.15) is 0 Å². The van der Waals surface area contributed by atoms with E-state index in [9.17, 15) is 10.1 Å². The predicted octanol–water partition coefficient (Wildman–Crippen LogP) is 2.35. The van der Waals surface area contributed by atoms with Gasteiger partial charge in [0.15, 0.2) is 0 Å². The largest absolute Gasteiger partial charge is 0.496 e. The fourth-order valence-electron chi connectivity index (χ4n) is 1.51. The first-order valence-electron chi connectivity index (χ1n) is 5.56. The predicted molar refractivity (Wildman–Crippen MR) is 66.2 cm³/mol.